The zero-order valence-corrected chi connectivity index (χ0v) is 10.4. The van der Waals surface area contributed by atoms with E-state index in [9.17, 15) is 9.59 Å². The van der Waals surface area contributed by atoms with Gasteiger partial charge in [-0.15, -0.1) is 0 Å². The predicted molar refractivity (Wildman–Crippen MR) is 63.6 cm³/mol. The largest absolute Gasteiger partial charge is 0.329 e. The number of imide groups is 1. The first kappa shape index (κ1) is 12.3. The molecule has 0 aromatic rings. The van der Waals surface area contributed by atoms with E-state index in [-0.39, 0.29) is 18.5 Å². The molecule has 0 aromatic carbocycles. The van der Waals surface area contributed by atoms with Crippen LogP contribution in [-0.4, -0.2) is 66.5 Å². The van der Waals surface area contributed by atoms with E-state index in [1.807, 2.05) is 0 Å². The summed E-state index contributed by atoms with van der Waals surface area (Å²) in [6.07, 6.45) is 0. The van der Waals surface area contributed by atoms with Gasteiger partial charge in [0, 0.05) is 38.3 Å². The SMILES string of the molecule is CC1CNCC(C)N1CCN1C(=O)CNC1=O. The van der Waals surface area contributed by atoms with Crippen LogP contribution in [0.25, 0.3) is 0 Å². The van der Waals surface area contributed by atoms with Crippen molar-refractivity contribution in [2.45, 2.75) is 25.9 Å². The number of rotatable bonds is 3. The molecule has 6 heteroatoms. The quantitative estimate of drug-likeness (QED) is 0.635. The van der Waals surface area contributed by atoms with Gasteiger partial charge in [0.05, 0.1) is 6.54 Å². The zero-order valence-electron chi connectivity index (χ0n) is 10.4. The lowest BCUT2D eigenvalue weighted by molar-refractivity contribution is -0.125. The average Bonchev–Trinajstić information content (AvgIpc) is 2.59. The molecule has 0 radical (unpaired) electrons. The van der Waals surface area contributed by atoms with Crippen molar-refractivity contribution in [3.05, 3.63) is 0 Å². The lowest BCUT2D eigenvalue weighted by Crippen LogP contribution is -2.56. The highest BCUT2D eigenvalue weighted by atomic mass is 16.2. The van der Waals surface area contributed by atoms with Crippen molar-refractivity contribution in [2.75, 3.05) is 32.7 Å². The number of amides is 3. The van der Waals surface area contributed by atoms with Gasteiger partial charge in [-0.2, -0.15) is 0 Å². The van der Waals surface area contributed by atoms with E-state index in [4.69, 9.17) is 0 Å². The molecule has 2 heterocycles. The molecule has 2 atom stereocenters. The second-order valence-electron chi connectivity index (χ2n) is 4.80. The number of piperazine rings is 1. The van der Waals surface area contributed by atoms with Crippen LogP contribution in [0.1, 0.15) is 13.8 Å². The van der Waals surface area contributed by atoms with Crippen molar-refractivity contribution < 1.29 is 9.59 Å². The number of hydrogen-bond acceptors (Lipinski definition) is 4. The van der Waals surface area contributed by atoms with Gasteiger partial charge in [-0.05, 0) is 13.8 Å². The minimum Gasteiger partial charge on any atom is -0.329 e. The Morgan fingerprint density at radius 3 is 2.35 bits per heavy atom. The second kappa shape index (κ2) is 5.01. The first-order valence-corrected chi connectivity index (χ1v) is 6.14. The average molecular weight is 240 g/mol. The van der Waals surface area contributed by atoms with Crippen molar-refractivity contribution in [2.24, 2.45) is 0 Å². The lowest BCUT2D eigenvalue weighted by Gasteiger charge is -2.39. The molecular weight excluding hydrogens is 220 g/mol. The molecule has 3 amide bonds. The summed E-state index contributed by atoms with van der Waals surface area (Å²) < 4.78 is 0. The van der Waals surface area contributed by atoms with Crippen molar-refractivity contribution in [3.8, 4) is 0 Å². The maximum Gasteiger partial charge on any atom is 0.324 e. The topological polar surface area (TPSA) is 64.7 Å². The molecular formula is C11H20N4O2. The summed E-state index contributed by atoms with van der Waals surface area (Å²) >= 11 is 0. The van der Waals surface area contributed by atoms with Gasteiger partial charge in [-0.3, -0.25) is 14.6 Å². The number of hydrogen-bond donors (Lipinski definition) is 2. The van der Waals surface area contributed by atoms with Gasteiger partial charge in [0.2, 0.25) is 5.91 Å². The molecule has 0 spiro atoms. The number of nitrogens with one attached hydrogen (secondary N) is 2. The van der Waals surface area contributed by atoms with Gasteiger partial charge in [0.1, 0.15) is 0 Å². The summed E-state index contributed by atoms with van der Waals surface area (Å²) in [5.41, 5.74) is 0. The molecule has 2 saturated heterocycles. The molecule has 0 aliphatic carbocycles. The highest BCUT2D eigenvalue weighted by molar-refractivity contribution is 6.01. The van der Waals surface area contributed by atoms with Crippen LogP contribution in [0.4, 0.5) is 4.79 Å². The molecule has 96 valence electrons. The van der Waals surface area contributed by atoms with Crippen LogP contribution < -0.4 is 10.6 Å². The Kier molecular flexibility index (Phi) is 3.63. The van der Waals surface area contributed by atoms with Gasteiger partial charge < -0.3 is 10.6 Å². The van der Waals surface area contributed by atoms with E-state index >= 15 is 0 Å². The Hall–Kier alpha value is -1.14. The fourth-order valence-corrected chi connectivity index (χ4v) is 2.51. The Bertz CT molecular complexity index is 295. The van der Waals surface area contributed by atoms with Gasteiger partial charge in [0.15, 0.2) is 0 Å². The van der Waals surface area contributed by atoms with Crippen LogP contribution in [-0.2, 0) is 4.79 Å². The first-order chi connectivity index (χ1) is 8.09. The molecule has 2 unspecified atom stereocenters. The fraction of sp³-hybridized carbons (Fsp3) is 0.818. The van der Waals surface area contributed by atoms with E-state index in [0.717, 1.165) is 19.6 Å². The summed E-state index contributed by atoms with van der Waals surface area (Å²) in [5, 5.41) is 5.89. The van der Waals surface area contributed by atoms with Crippen LogP contribution in [0.5, 0.6) is 0 Å². The lowest BCUT2D eigenvalue weighted by atomic mass is 10.1. The first-order valence-electron chi connectivity index (χ1n) is 6.14. The Morgan fingerprint density at radius 2 is 1.82 bits per heavy atom. The molecule has 2 fully saturated rings. The molecule has 17 heavy (non-hydrogen) atoms. The third-order valence-electron chi connectivity index (χ3n) is 3.53. The highest BCUT2D eigenvalue weighted by Crippen LogP contribution is 2.10. The molecule has 6 nitrogen and oxygen atoms in total. The monoisotopic (exact) mass is 240 g/mol. The van der Waals surface area contributed by atoms with Crippen molar-refractivity contribution in [1.82, 2.24) is 20.4 Å². The molecule has 0 bridgehead atoms. The summed E-state index contributed by atoms with van der Waals surface area (Å²) in [7, 11) is 0. The fourth-order valence-electron chi connectivity index (χ4n) is 2.51. The molecule has 2 N–H and O–H groups in total. The van der Waals surface area contributed by atoms with Crippen molar-refractivity contribution in [1.29, 1.82) is 0 Å². The van der Waals surface area contributed by atoms with Crippen LogP contribution in [0, 0.1) is 0 Å². The minimum absolute atomic E-state index is 0.120. The summed E-state index contributed by atoms with van der Waals surface area (Å²) in [6, 6.07) is 0.629. The molecule has 0 aromatic heterocycles. The molecule has 2 aliphatic rings. The van der Waals surface area contributed by atoms with E-state index in [2.05, 4.69) is 29.4 Å². The van der Waals surface area contributed by atoms with Gasteiger partial charge in [-0.25, -0.2) is 4.79 Å². The van der Waals surface area contributed by atoms with E-state index in [0.29, 0.717) is 18.6 Å². The van der Waals surface area contributed by atoms with Crippen LogP contribution in [0.3, 0.4) is 0 Å². The second-order valence-corrected chi connectivity index (χ2v) is 4.80. The third-order valence-corrected chi connectivity index (χ3v) is 3.53. The van der Waals surface area contributed by atoms with Gasteiger partial charge >= 0.3 is 6.03 Å². The number of carbonyl (C=O) groups excluding carboxylic acids is 2. The number of urea groups is 1. The summed E-state index contributed by atoms with van der Waals surface area (Å²) in [4.78, 5) is 26.5. The predicted octanol–water partition coefficient (Wildman–Crippen LogP) is -0.780. The Labute approximate surface area is 101 Å². The van der Waals surface area contributed by atoms with Crippen LogP contribution in [0.2, 0.25) is 0 Å². The van der Waals surface area contributed by atoms with E-state index in [1.165, 1.54) is 4.90 Å². The normalized spacial score (nSPS) is 30.8. The van der Waals surface area contributed by atoms with Gasteiger partial charge in [0.25, 0.3) is 0 Å². The van der Waals surface area contributed by atoms with Crippen LogP contribution in [0.15, 0.2) is 0 Å². The van der Waals surface area contributed by atoms with Crippen molar-refractivity contribution >= 4 is 11.9 Å². The Balaban J connectivity index is 1.88. The molecule has 2 aliphatic heterocycles. The Morgan fingerprint density at radius 1 is 1.18 bits per heavy atom. The smallest absolute Gasteiger partial charge is 0.324 e. The number of nitrogens with zero attached hydrogens (tertiary/aromatic N) is 2. The molecule has 2 rings (SSSR count). The zero-order chi connectivity index (χ0) is 12.4. The summed E-state index contributed by atoms with van der Waals surface area (Å²) in [6.45, 7) is 7.63. The maximum atomic E-state index is 11.4. The van der Waals surface area contributed by atoms with E-state index < -0.39 is 0 Å². The van der Waals surface area contributed by atoms with E-state index in [1.54, 1.807) is 0 Å². The standard InChI is InChI=1S/C11H20N4O2/c1-8-5-12-6-9(2)14(8)3-4-15-10(16)7-13-11(15)17/h8-9,12H,3-7H2,1-2H3,(H,13,17). The molecule has 0 saturated carbocycles. The van der Waals surface area contributed by atoms with Crippen molar-refractivity contribution in [3.63, 3.8) is 0 Å². The van der Waals surface area contributed by atoms with Crippen LogP contribution >= 0.6 is 0 Å². The minimum atomic E-state index is -0.259. The summed E-state index contributed by atoms with van der Waals surface area (Å²) in [5.74, 6) is -0.120. The van der Waals surface area contributed by atoms with Gasteiger partial charge in [-0.1, -0.05) is 0 Å². The third kappa shape index (κ3) is 2.58. The highest BCUT2D eigenvalue weighted by Gasteiger charge is 2.30. The number of carbonyl (C=O) groups is 2. The maximum absolute atomic E-state index is 11.4.